The maximum Gasteiger partial charge on any atom is 0.224 e. The van der Waals surface area contributed by atoms with Crippen molar-refractivity contribution in [2.45, 2.75) is 25.3 Å². The number of hydrogen-bond acceptors (Lipinski definition) is 7. The van der Waals surface area contributed by atoms with Crippen LogP contribution in [0, 0.1) is 0 Å². The number of pyridine rings is 1. The molecule has 0 atom stereocenters. The highest BCUT2D eigenvalue weighted by Crippen LogP contribution is 2.31. The fraction of sp³-hybridized carbons (Fsp3) is 0.316. The van der Waals surface area contributed by atoms with Crippen LogP contribution in [-0.4, -0.2) is 47.6 Å². The van der Waals surface area contributed by atoms with Crippen LogP contribution in [0.5, 0.6) is 0 Å². The van der Waals surface area contributed by atoms with Crippen molar-refractivity contribution in [1.82, 2.24) is 34.5 Å². The molecular formula is C19H21N9. The quantitative estimate of drug-likeness (QED) is 0.560. The molecule has 1 aliphatic rings. The number of nitrogens with two attached hydrogens (primary N) is 1. The number of nitrogen functional groups attached to an aromatic ring is 1. The summed E-state index contributed by atoms with van der Waals surface area (Å²) < 4.78 is 2.24. The molecule has 9 heteroatoms. The van der Waals surface area contributed by atoms with Gasteiger partial charge in [0, 0.05) is 50.3 Å². The summed E-state index contributed by atoms with van der Waals surface area (Å²) in [6.45, 7) is 2.59. The molecule has 0 unspecified atom stereocenters. The van der Waals surface area contributed by atoms with Gasteiger partial charge >= 0.3 is 0 Å². The van der Waals surface area contributed by atoms with Gasteiger partial charge < -0.3 is 20.2 Å². The summed E-state index contributed by atoms with van der Waals surface area (Å²) in [5, 5.41) is 0. The van der Waals surface area contributed by atoms with E-state index in [1.165, 1.54) is 5.56 Å². The number of H-pyrrole nitrogens is 1. The van der Waals surface area contributed by atoms with Gasteiger partial charge in [0.2, 0.25) is 5.95 Å². The zero-order chi connectivity index (χ0) is 18.9. The topological polar surface area (TPSA) is 114 Å². The van der Waals surface area contributed by atoms with E-state index in [0.29, 0.717) is 11.6 Å². The van der Waals surface area contributed by atoms with Gasteiger partial charge in [0.1, 0.15) is 11.3 Å². The molecule has 1 fully saturated rings. The second-order valence-corrected chi connectivity index (χ2v) is 7.04. The van der Waals surface area contributed by atoms with E-state index in [1.54, 1.807) is 6.33 Å². The lowest BCUT2D eigenvalue weighted by molar-refractivity contribution is 0.469. The van der Waals surface area contributed by atoms with Crippen molar-refractivity contribution >= 4 is 22.9 Å². The molecule has 0 radical (unpaired) electrons. The Kier molecular flexibility index (Phi) is 4.12. The zero-order valence-electron chi connectivity index (χ0n) is 15.4. The fourth-order valence-corrected chi connectivity index (χ4v) is 3.91. The second kappa shape index (κ2) is 6.91. The van der Waals surface area contributed by atoms with Gasteiger partial charge in [0.05, 0.1) is 6.33 Å². The summed E-state index contributed by atoms with van der Waals surface area (Å²) in [6.07, 6.45) is 11.2. The Labute approximate surface area is 161 Å². The molecule has 9 nitrogen and oxygen atoms in total. The molecule has 4 aromatic rings. The molecule has 0 saturated carbocycles. The Balaban J connectivity index is 1.33. The van der Waals surface area contributed by atoms with E-state index < -0.39 is 0 Å². The maximum atomic E-state index is 5.87. The lowest BCUT2D eigenvalue weighted by Crippen LogP contribution is -2.34. The number of aromatic nitrogens is 7. The minimum absolute atomic E-state index is 0.254. The lowest BCUT2D eigenvalue weighted by Gasteiger charge is -2.32. The van der Waals surface area contributed by atoms with E-state index in [-0.39, 0.29) is 5.95 Å². The molecule has 142 valence electrons. The summed E-state index contributed by atoms with van der Waals surface area (Å²) in [6, 6.07) is 4.09. The highest BCUT2D eigenvalue weighted by molar-refractivity contribution is 5.84. The maximum absolute atomic E-state index is 5.87. The van der Waals surface area contributed by atoms with Gasteiger partial charge in [-0.15, -0.1) is 0 Å². The van der Waals surface area contributed by atoms with E-state index in [4.69, 9.17) is 5.73 Å². The number of nitrogens with one attached hydrogen (secondary N) is 1. The number of rotatable bonds is 4. The number of fused-ring (bicyclic) bond motifs is 1. The largest absolute Gasteiger partial charge is 0.368 e. The van der Waals surface area contributed by atoms with Gasteiger partial charge in [-0.3, -0.25) is 4.98 Å². The average molecular weight is 375 g/mol. The van der Waals surface area contributed by atoms with Gasteiger partial charge in [-0.05, 0) is 30.5 Å². The molecule has 0 bridgehead atoms. The summed E-state index contributed by atoms with van der Waals surface area (Å²) in [5.74, 6) is 2.65. The predicted molar refractivity (Wildman–Crippen MR) is 106 cm³/mol. The number of piperidine rings is 1. The van der Waals surface area contributed by atoms with Gasteiger partial charge in [-0.25, -0.2) is 9.97 Å². The molecule has 0 amide bonds. The van der Waals surface area contributed by atoms with Crippen molar-refractivity contribution in [2.24, 2.45) is 0 Å². The molecular weight excluding hydrogens is 354 g/mol. The van der Waals surface area contributed by atoms with Crippen LogP contribution in [0.2, 0.25) is 0 Å². The Morgan fingerprint density at radius 1 is 1.07 bits per heavy atom. The summed E-state index contributed by atoms with van der Waals surface area (Å²) >= 11 is 0. The minimum atomic E-state index is 0.254. The standard InChI is InChI=1S/C19H21N9/c20-19-25-16-15(23-12-24-16)18(26-19)27-8-3-14(4-9-27)17-22-7-10-28(17)11-13-1-5-21-6-2-13/h1-2,5-7,10,12,14H,3-4,8-9,11H2,(H3,20,23,24,25,26). The minimum Gasteiger partial charge on any atom is -0.368 e. The van der Waals surface area contributed by atoms with Crippen LogP contribution in [0.1, 0.15) is 30.1 Å². The first-order chi connectivity index (χ1) is 13.8. The van der Waals surface area contributed by atoms with Crippen molar-refractivity contribution in [1.29, 1.82) is 0 Å². The third-order valence-corrected chi connectivity index (χ3v) is 5.29. The Morgan fingerprint density at radius 2 is 1.89 bits per heavy atom. The molecule has 0 aromatic carbocycles. The van der Waals surface area contributed by atoms with E-state index in [2.05, 4.69) is 45.6 Å². The van der Waals surface area contributed by atoms with Crippen LogP contribution in [-0.2, 0) is 6.54 Å². The Morgan fingerprint density at radius 3 is 2.71 bits per heavy atom. The van der Waals surface area contributed by atoms with Crippen LogP contribution in [0.15, 0.2) is 43.2 Å². The highest BCUT2D eigenvalue weighted by atomic mass is 15.2. The van der Waals surface area contributed by atoms with E-state index in [1.807, 2.05) is 30.7 Å². The molecule has 0 aliphatic carbocycles. The molecule has 28 heavy (non-hydrogen) atoms. The molecule has 1 saturated heterocycles. The van der Waals surface area contributed by atoms with Crippen LogP contribution in [0.4, 0.5) is 11.8 Å². The van der Waals surface area contributed by atoms with Gasteiger partial charge in [-0.2, -0.15) is 9.97 Å². The van der Waals surface area contributed by atoms with Gasteiger partial charge in [-0.1, -0.05) is 0 Å². The normalized spacial score (nSPS) is 15.4. The highest BCUT2D eigenvalue weighted by Gasteiger charge is 2.26. The van der Waals surface area contributed by atoms with Crippen molar-refractivity contribution < 1.29 is 0 Å². The Bertz CT molecular complexity index is 1080. The average Bonchev–Trinajstić information content (AvgIpc) is 3.38. The third-order valence-electron chi connectivity index (χ3n) is 5.29. The van der Waals surface area contributed by atoms with Crippen molar-refractivity contribution in [3.63, 3.8) is 0 Å². The van der Waals surface area contributed by atoms with Crippen LogP contribution in [0.3, 0.4) is 0 Å². The molecule has 3 N–H and O–H groups in total. The molecule has 1 aliphatic heterocycles. The molecule has 4 aromatic heterocycles. The fourth-order valence-electron chi connectivity index (χ4n) is 3.91. The third kappa shape index (κ3) is 3.04. The number of aromatic amines is 1. The smallest absolute Gasteiger partial charge is 0.224 e. The van der Waals surface area contributed by atoms with Crippen molar-refractivity contribution in [2.75, 3.05) is 23.7 Å². The Hall–Kier alpha value is -3.49. The first kappa shape index (κ1) is 16.7. The lowest BCUT2D eigenvalue weighted by atomic mass is 9.95. The summed E-state index contributed by atoms with van der Waals surface area (Å²) in [4.78, 5) is 27.0. The van der Waals surface area contributed by atoms with Crippen molar-refractivity contribution in [3.05, 3.63) is 54.6 Å². The van der Waals surface area contributed by atoms with Crippen LogP contribution >= 0.6 is 0 Å². The summed E-state index contributed by atoms with van der Waals surface area (Å²) in [5.41, 5.74) is 8.54. The monoisotopic (exact) mass is 375 g/mol. The number of hydrogen-bond donors (Lipinski definition) is 2. The van der Waals surface area contributed by atoms with E-state index in [0.717, 1.165) is 49.6 Å². The SMILES string of the molecule is Nc1nc(N2CCC(c3nccn3Cc3ccncc3)CC2)c2[nH]cnc2n1. The zero-order valence-corrected chi connectivity index (χ0v) is 15.4. The molecule has 5 rings (SSSR count). The van der Waals surface area contributed by atoms with Crippen LogP contribution in [0.25, 0.3) is 11.2 Å². The van der Waals surface area contributed by atoms with Gasteiger partial charge in [0.15, 0.2) is 11.5 Å². The second-order valence-electron chi connectivity index (χ2n) is 7.04. The van der Waals surface area contributed by atoms with Crippen LogP contribution < -0.4 is 10.6 Å². The van der Waals surface area contributed by atoms with E-state index >= 15 is 0 Å². The first-order valence-electron chi connectivity index (χ1n) is 9.39. The molecule has 5 heterocycles. The predicted octanol–water partition coefficient (Wildman–Crippen LogP) is 1.96. The van der Waals surface area contributed by atoms with Gasteiger partial charge in [0.25, 0.3) is 0 Å². The number of nitrogens with zero attached hydrogens (tertiary/aromatic N) is 7. The molecule has 0 spiro atoms. The first-order valence-corrected chi connectivity index (χ1v) is 9.39. The van der Waals surface area contributed by atoms with E-state index in [9.17, 15) is 0 Å². The number of anilines is 2. The summed E-state index contributed by atoms with van der Waals surface area (Å²) in [7, 11) is 0. The van der Waals surface area contributed by atoms with Crippen molar-refractivity contribution in [3.8, 4) is 0 Å². The number of imidazole rings is 2.